The summed E-state index contributed by atoms with van der Waals surface area (Å²) in [6.45, 7) is 1.76. The van der Waals surface area contributed by atoms with Crippen molar-refractivity contribution in [2.75, 3.05) is 0 Å². The topological polar surface area (TPSA) is 20.2 Å². The lowest BCUT2D eigenvalue weighted by Crippen LogP contribution is -2.27. The highest BCUT2D eigenvalue weighted by Gasteiger charge is 2.31. The van der Waals surface area contributed by atoms with Gasteiger partial charge in [-0.1, -0.05) is 18.9 Å². The van der Waals surface area contributed by atoms with Crippen molar-refractivity contribution >= 4 is 0 Å². The third-order valence-electron chi connectivity index (χ3n) is 2.99. The van der Waals surface area contributed by atoms with Crippen molar-refractivity contribution in [1.82, 2.24) is 0 Å². The van der Waals surface area contributed by atoms with Gasteiger partial charge < -0.3 is 5.11 Å². The van der Waals surface area contributed by atoms with Crippen LogP contribution in [0.25, 0.3) is 0 Å². The summed E-state index contributed by atoms with van der Waals surface area (Å²) in [7, 11) is 0. The van der Waals surface area contributed by atoms with Gasteiger partial charge in [-0.15, -0.1) is 0 Å². The van der Waals surface area contributed by atoms with E-state index >= 15 is 0 Å². The molecule has 0 bridgehead atoms. The molecule has 1 aromatic carbocycles. The molecule has 1 saturated carbocycles. The minimum Gasteiger partial charge on any atom is -0.390 e. The van der Waals surface area contributed by atoms with E-state index in [1.54, 1.807) is 6.92 Å². The Kier molecular flexibility index (Phi) is 2.98. The van der Waals surface area contributed by atoms with E-state index in [9.17, 15) is 13.9 Å². The average molecular weight is 226 g/mol. The van der Waals surface area contributed by atoms with Crippen LogP contribution in [0.2, 0.25) is 0 Å². The Labute approximate surface area is 94.1 Å². The molecule has 88 valence electrons. The highest BCUT2D eigenvalue weighted by Crippen LogP contribution is 2.37. The fourth-order valence-electron chi connectivity index (χ4n) is 2.11. The first-order valence-electron chi connectivity index (χ1n) is 5.63. The first kappa shape index (κ1) is 11.5. The molecule has 1 atom stereocenters. The molecule has 1 aliphatic rings. The predicted molar refractivity (Wildman–Crippen MR) is 58.0 cm³/mol. The number of hydrogen-bond donors (Lipinski definition) is 1. The maximum absolute atomic E-state index is 13.0. The van der Waals surface area contributed by atoms with Crippen LogP contribution in [0.4, 0.5) is 8.78 Å². The molecule has 3 heteroatoms. The molecule has 0 saturated heterocycles. The highest BCUT2D eigenvalue weighted by molar-refractivity contribution is 5.19. The smallest absolute Gasteiger partial charge is 0.159 e. The molecule has 0 amide bonds. The summed E-state index contributed by atoms with van der Waals surface area (Å²) >= 11 is 0. The largest absolute Gasteiger partial charge is 0.390 e. The van der Waals surface area contributed by atoms with Gasteiger partial charge in [-0.3, -0.25) is 0 Å². The number of halogens is 2. The van der Waals surface area contributed by atoms with Crippen molar-refractivity contribution in [2.45, 2.75) is 38.2 Å². The second-order valence-corrected chi connectivity index (χ2v) is 5.07. The van der Waals surface area contributed by atoms with Gasteiger partial charge in [0.1, 0.15) is 0 Å². The van der Waals surface area contributed by atoms with Gasteiger partial charge in [0, 0.05) is 6.42 Å². The Morgan fingerprint density at radius 2 is 2.00 bits per heavy atom. The molecular formula is C13H16F2O. The summed E-state index contributed by atoms with van der Waals surface area (Å²) in [5, 5.41) is 10.1. The molecule has 1 unspecified atom stereocenters. The summed E-state index contributed by atoms with van der Waals surface area (Å²) < 4.78 is 25.7. The number of hydrogen-bond acceptors (Lipinski definition) is 1. The first-order valence-corrected chi connectivity index (χ1v) is 5.63. The van der Waals surface area contributed by atoms with E-state index < -0.39 is 17.2 Å². The van der Waals surface area contributed by atoms with Crippen molar-refractivity contribution in [3.8, 4) is 0 Å². The van der Waals surface area contributed by atoms with Gasteiger partial charge in [-0.05, 0) is 37.0 Å². The predicted octanol–water partition coefficient (Wildman–Crippen LogP) is 3.06. The maximum atomic E-state index is 13.0. The van der Waals surface area contributed by atoms with E-state index in [1.807, 2.05) is 0 Å². The molecule has 0 aliphatic heterocycles. The Bertz CT molecular complexity index is 384. The summed E-state index contributed by atoms with van der Waals surface area (Å²) in [4.78, 5) is 0. The third-order valence-corrected chi connectivity index (χ3v) is 2.99. The quantitative estimate of drug-likeness (QED) is 0.836. The molecule has 2 rings (SSSR count). The Hall–Kier alpha value is -0.960. The van der Waals surface area contributed by atoms with E-state index in [2.05, 4.69) is 0 Å². The van der Waals surface area contributed by atoms with E-state index in [0.29, 0.717) is 17.9 Å². The van der Waals surface area contributed by atoms with Crippen LogP contribution in [0.1, 0.15) is 31.7 Å². The summed E-state index contributed by atoms with van der Waals surface area (Å²) in [5.41, 5.74) is -0.171. The zero-order chi connectivity index (χ0) is 11.8. The third kappa shape index (κ3) is 3.01. The number of benzene rings is 1. The molecule has 0 spiro atoms. The zero-order valence-electron chi connectivity index (χ0n) is 9.34. The standard InChI is InChI=1S/C13H16F2O/c1-13(16,7-9-2-3-9)8-10-4-5-11(14)12(15)6-10/h4-6,9,16H,2-3,7-8H2,1H3. The molecule has 16 heavy (non-hydrogen) atoms. The fraction of sp³-hybridized carbons (Fsp3) is 0.538. The second-order valence-electron chi connectivity index (χ2n) is 5.07. The maximum Gasteiger partial charge on any atom is 0.159 e. The van der Waals surface area contributed by atoms with Gasteiger partial charge in [0.25, 0.3) is 0 Å². The van der Waals surface area contributed by atoms with Gasteiger partial charge in [-0.25, -0.2) is 8.78 Å². The van der Waals surface area contributed by atoms with Crippen molar-refractivity contribution in [3.63, 3.8) is 0 Å². The lowest BCUT2D eigenvalue weighted by Gasteiger charge is -2.23. The molecule has 0 radical (unpaired) electrons. The van der Waals surface area contributed by atoms with E-state index in [4.69, 9.17) is 0 Å². The van der Waals surface area contributed by atoms with Gasteiger partial charge >= 0.3 is 0 Å². The summed E-state index contributed by atoms with van der Waals surface area (Å²) in [6, 6.07) is 3.80. The van der Waals surface area contributed by atoms with Crippen LogP contribution in [-0.4, -0.2) is 10.7 Å². The van der Waals surface area contributed by atoms with Crippen LogP contribution in [0, 0.1) is 17.6 Å². The minimum absolute atomic E-state index is 0.376. The van der Waals surface area contributed by atoms with Crippen LogP contribution >= 0.6 is 0 Å². The van der Waals surface area contributed by atoms with Crippen LogP contribution < -0.4 is 0 Å². The van der Waals surface area contributed by atoms with Crippen LogP contribution in [0.15, 0.2) is 18.2 Å². The van der Waals surface area contributed by atoms with Crippen molar-refractivity contribution in [1.29, 1.82) is 0 Å². The van der Waals surface area contributed by atoms with Crippen LogP contribution in [0.5, 0.6) is 0 Å². The fourth-order valence-corrected chi connectivity index (χ4v) is 2.11. The SMILES string of the molecule is CC(O)(Cc1ccc(F)c(F)c1)CC1CC1. The molecule has 0 heterocycles. The Morgan fingerprint density at radius 3 is 2.56 bits per heavy atom. The van der Waals surface area contributed by atoms with Crippen molar-refractivity contribution < 1.29 is 13.9 Å². The number of rotatable bonds is 4. The second kappa shape index (κ2) is 4.13. The molecule has 1 aromatic rings. The highest BCUT2D eigenvalue weighted by atomic mass is 19.2. The van der Waals surface area contributed by atoms with Crippen molar-refractivity contribution in [2.24, 2.45) is 5.92 Å². The monoisotopic (exact) mass is 226 g/mol. The first-order chi connectivity index (χ1) is 7.46. The van der Waals surface area contributed by atoms with Crippen LogP contribution in [0.3, 0.4) is 0 Å². The molecule has 1 nitrogen and oxygen atoms in total. The molecule has 1 aliphatic carbocycles. The van der Waals surface area contributed by atoms with E-state index in [-0.39, 0.29) is 0 Å². The Balaban J connectivity index is 2.03. The zero-order valence-corrected chi connectivity index (χ0v) is 9.34. The van der Waals surface area contributed by atoms with E-state index in [0.717, 1.165) is 18.6 Å². The Morgan fingerprint density at radius 1 is 1.31 bits per heavy atom. The molecular weight excluding hydrogens is 210 g/mol. The number of aliphatic hydroxyl groups is 1. The van der Waals surface area contributed by atoms with Crippen LogP contribution in [-0.2, 0) is 6.42 Å². The van der Waals surface area contributed by atoms with Gasteiger partial charge in [0.15, 0.2) is 11.6 Å². The van der Waals surface area contributed by atoms with Crippen molar-refractivity contribution in [3.05, 3.63) is 35.4 Å². The average Bonchev–Trinajstić information content (AvgIpc) is 2.94. The summed E-state index contributed by atoms with van der Waals surface area (Å²) in [6.07, 6.45) is 3.47. The van der Waals surface area contributed by atoms with Gasteiger partial charge in [0.2, 0.25) is 0 Å². The van der Waals surface area contributed by atoms with E-state index in [1.165, 1.54) is 18.9 Å². The summed E-state index contributed by atoms with van der Waals surface area (Å²) in [5.74, 6) is -1.08. The molecule has 0 aromatic heterocycles. The van der Waals surface area contributed by atoms with Gasteiger partial charge in [0.05, 0.1) is 5.60 Å². The lowest BCUT2D eigenvalue weighted by molar-refractivity contribution is 0.0454. The minimum atomic E-state index is -0.847. The molecule has 1 fully saturated rings. The normalized spacial score (nSPS) is 19.5. The molecule has 1 N–H and O–H groups in total. The lowest BCUT2D eigenvalue weighted by atomic mass is 9.91. The van der Waals surface area contributed by atoms with Gasteiger partial charge in [-0.2, -0.15) is 0 Å².